The highest BCUT2D eigenvalue weighted by Crippen LogP contribution is 2.11. The van der Waals surface area contributed by atoms with E-state index in [-0.39, 0.29) is 11.3 Å². The highest BCUT2D eigenvalue weighted by atomic mass is 32.2. The lowest BCUT2D eigenvalue weighted by Crippen LogP contribution is -2.22. The third-order valence-electron chi connectivity index (χ3n) is 4.10. The maximum Gasteiger partial charge on any atom is 0.258 e. The van der Waals surface area contributed by atoms with Gasteiger partial charge in [0.1, 0.15) is 5.65 Å². The summed E-state index contributed by atoms with van der Waals surface area (Å²) in [5, 5.41) is 5.11. The number of nitrogens with zero attached hydrogens (tertiary/aromatic N) is 3. The van der Waals surface area contributed by atoms with Crippen LogP contribution in [0, 0.1) is 6.92 Å². The summed E-state index contributed by atoms with van der Waals surface area (Å²) in [5.74, 6) is -0.188. The molecular weight excluding hydrogens is 364 g/mol. The predicted octanol–water partition coefficient (Wildman–Crippen LogP) is 1.42. The molecule has 7 nitrogen and oxygen atoms in total. The van der Waals surface area contributed by atoms with Crippen LogP contribution in [0.2, 0.25) is 0 Å². The highest BCUT2D eigenvalue weighted by Gasteiger charge is 2.09. The minimum absolute atomic E-state index is 0.109. The van der Waals surface area contributed by atoms with Crippen LogP contribution < -0.4 is 10.7 Å². The summed E-state index contributed by atoms with van der Waals surface area (Å²) in [7, 11) is -1.64. The van der Waals surface area contributed by atoms with E-state index >= 15 is 0 Å². The van der Waals surface area contributed by atoms with Crippen molar-refractivity contribution in [1.29, 1.82) is 0 Å². The number of hydrogen-bond acceptors (Lipinski definition) is 5. The van der Waals surface area contributed by atoms with Gasteiger partial charge < -0.3 is 0 Å². The Balaban J connectivity index is 1.75. The molecule has 2 aromatic heterocycles. The van der Waals surface area contributed by atoms with E-state index in [1.165, 1.54) is 4.40 Å². The smallest absolute Gasteiger partial charge is 0.258 e. The first-order chi connectivity index (χ1) is 12.7. The number of primary sulfonamides is 1. The monoisotopic (exact) mass is 386 g/mol. The third-order valence-corrected chi connectivity index (χ3v) is 4.84. The van der Waals surface area contributed by atoms with Gasteiger partial charge in [0.2, 0.25) is 10.0 Å². The maximum atomic E-state index is 12.3. The Morgan fingerprint density at radius 3 is 2.59 bits per heavy atom. The van der Waals surface area contributed by atoms with Gasteiger partial charge in [-0.05, 0) is 36.7 Å². The van der Waals surface area contributed by atoms with Crippen molar-refractivity contribution >= 4 is 15.7 Å². The second-order valence-corrected chi connectivity index (χ2v) is 8.43. The van der Waals surface area contributed by atoms with Gasteiger partial charge in [0, 0.05) is 25.4 Å². The topological polar surface area (TPSA) is 97.8 Å². The number of sulfonamides is 1. The molecule has 0 spiro atoms. The number of aromatic nitrogens is 2. The van der Waals surface area contributed by atoms with Crippen molar-refractivity contribution < 1.29 is 8.42 Å². The Morgan fingerprint density at radius 2 is 1.85 bits per heavy atom. The molecule has 142 valence electrons. The lowest BCUT2D eigenvalue weighted by Gasteiger charge is -2.17. The van der Waals surface area contributed by atoms with E-state index in [1.807, 2.05) is 49.2 Å². The fraction of sp³-hybridized carbons (Fsp3) is 0.263. The van der Waals surface area contributed by atoms with E-state index in [4.69, 9.17) is 5.14 Å². The van der Waals surface area contributed by atoms with Gasteiger partial charge in [0.15, 0.2) is 0 Å². The maximum absolute atomic E-state index is 12.3. The van der Waals surface area contributed by atoms with Gasteiger partial charge in [-0.15, -0.1) is 0 Å². The van der Waals surface area contributed by atoms with Crippen molar-refractivity contribution in [1.82, 2.24) is 14.3 Å². The van der Waals surface area contributed by atoms with Gasteiger partial charge in [0.25, 0.3) is 5.56 Å². The molecule has 0 bridgehead atoms. The first-order valence-corrected chi connectivity index (χ1v) is 10.2. The SMILES string of the molecule is Cc1ccc2nc(CN(C)Cc3cccc(CS(N)(=O)=O)c3)cc(=O)n2c1. The molecule has 0 aliphatic carbocycles. The second kappa shape index (κ2) is 7.59. The lowest BCUT2D eigenvalue weighted by molar-refractivity contribution is 0.315. The fourth-order valence-electron chi connectivity index (χ4n) is 3.03. The number of fused-ring (bicyclic) bond motifs is 1. The first kappa shape index (κ1) is 19.2. The summed E-state index contributed by atoms with van der Waals surface area (Å²) >= 11 is 0. The van der Waals surface area contributed by atoms with Crippen molar-refractivity contribution in [2.24, 2.45) is 5.14 Å². The molecule has 0 saturated heterocycles. The van der Waals surface area contributed by atoms with Gasteiger partial charge in [-0.25, -0.2) is 18.5 Å². The molecule has 3 rings (SSSR count). The molecule has 0 saturated carbocycles. The Kier molecular flexibility index (Phi) is 5.41. The van der Waals surface area contributed by atoms with Crippen LogP contribution >= 0.6 is 0 Å². The van der Waals surface area contributed by atoms with Crippen LogP contribution in [0.15, 0.2) is 53.5 Å². The van der Waals surface area contributed by atoms with Crippen LogP contribution in [-0.4, -0.2) is 29.8 Å². The standard InChI is InChI=1S/C19H22N4O3S/c1-14-6-7-18-21-17(9-19(24)23(18)10-14)12-22(2)11-15-4-3-5-16(8-15)13-27(20,25)26/h3-10H,11-13H2,1-2H3,(H2,20,25,26). The van der Waals surface area contributed by atoms with E-state index < -0.39 is 10.0 Å². The molecule has 1 aromatic carbocycles. The molecule has 27 heavy (non-hydrogen) atoms. The zero-order valence-corrected chi connectivity index (χ0v) is 16.1. The minimum Gasteiger partial charge on any atom is -0.296 e. The van der Waals surface area contributed by atoms with Crippen molar-refractivity contribution in [3.63, 3.8) is 0 Å². The number of hydrogen-bond donors (Lipinski definition) is 1. The van der Waals surface area contributed by atoms with Gasteiger partial charge >= 0.3 is 0 Å². The largest absolute Gasteiger partial charge is 0.296 e. The van der Waals surface area contributed by atoms with Crippen LogP contribution in [0.5, 0.6) is 0 Å². The summed E-state index contributed by atoms with van der Waals surface area (Å²) in [4.78, 5) is 18.9. The normalized spacial score (nSPS) is 12.0. The van der Waals surface area contributed by atoms with Gasteiger partial charge in [-0.2, -0.15) is 0 Å². The number of benzene rings is 1. The second-order valence-electron chi connectivity index (χ2n) is 6.82. The molecule has 0 radical (unpaired) electrons. The summed E-state index contributed by atoms with van der Waals surface area (Å²) in [5.41, 5.74) is 3.81. The van der Waals surface area contributed by atoms with Gasteiger partial charge in [-0.1, -0.05) is 30.3 Å². The van der Waals surface area contributed by atoms with Crippen molar-refractivity contribution in [3.05, 3.63) is 81.4 Å². The van der Waals surface area contributed by atoms with E-state index in [2.05, 4.69) is 4.98 Å². The number of aryl methyl sites for hydroxylation is 1. The molecule has 2 heterocycles. The number of pyridine rings is 1. The molecule has 0 unspecified atom stereocenters. The third kappa shape index (κ3) is 5.22. The van der Waals surface area contributed by atoms with Crippen molar-refractivity contribution in [2.75, 3.05) is 7.05 Å². The van der Waals surface area contributed by atoms with E-state index in [0.717, 1.165) is 11.1 Å². The highest BCUT2D eigenvalue weighted by molar-refractivity contribution is 7.88. The van der Waals surface area contributed by atoms with Gasteiger partial charge in [-0.3, -0.25) is 14.1 Å². The van der Waals surface area contributed by atoms with E-state index in [9.17, 15) is 13.2 Å². The van der Waals surface area contributed by atoms with Crippen LogP contribution in [-0.2, 0) is 28.9 Å². The summed E-state index contributed by atoms with van der Waals surface area (Å²) in [6, 6.07) is 12.6. The number of rotatable bonds is 6. The predicted molar refractivity (Wildman–Crippen MR) is 105 cm³/mol. The van der Waals surface area contributed by atoms with Crippen LogP contribution in [0.25, 0.3) is 5.65 Å². The molecule has 8 heteroatoms. The molecule has 0 aliphatic rings. The summed E-state index contributed by atoms with van der Waals surface area (Å²) < 4.78 is 24.1. The molecular formula is C19H22N4O3S. The van der Waals surface area contributed by atoms with E-state index in [0.29, 0.717) is 30.0 Å². The Morgan fingerprint density at radius 1 is 1.11 bits per heavy atom. The van der Waals surface area contributed by atoms with Crippen LogP contribution in [0.3, 0.4) is 0 Å². The molecule has 0 atom stereocenters. The van der Waals surface area contributed by atoms with Crippen molar-refractivity contribution in [2.45, 2.75) is 25.8 Å². The average molecular weight is 386 g/mol. The summed E-state index contributed by atoms with van der Waals surface area (Å²) in [6.07, 6.45) is 1.77. The summed E-state index contributed by atoms with van der Waals surface area (Å²) in [6.45, 7) is 3.02. The van der Waals surface area contributed by atoms with Gasteiger partial charge in [0.05, 0.1) is 11.4 Å². The zero-order chi connectivity index (χ0) is 19.6. The molecule has 0 amide bonds. The average Bonchev–Trinajstić information content (AvgIpc) is 2.54. The molecule has 3 aromatic rings. The van der Waals surface area contributed by atoms with Crippen molar-refractivity contribution in [3.8, 4) is 0 Å². The first-order valence-electron chi connectivity index (χ1n) is 8.45. The van der Waals surface area contributed by atoms with E-state index in [1.54, 1.807) is 18.3 Å². The Labute approximate surface area is 158 Å². The van der Waals surface area contributed by atoms with Crippen LogP contribution in [0.1, 0.15) is 22.4 Å². The Bertz CT molecular complexity index is 1140. The molecule has 0 aliphatic heterocycles. The lowest BCUT2D eigenvalue weighted by atomic mass is 10.1. The Hall–Kier alpha value is -2.55. The number of nitrogens with two attached hydrogens (primary N) is 1. The molecule has 2 N–H and O–H groups in total. The minimum atomic E-state index is -3.56. The quantitative estimate of drug-likeness (QED) is 0.691. The fourth-order valence-corrected chi connectivity index (χ4v) is 3.68. The van der Waals surface area contributed by atoms with Crippen LogP contribution in [0.4, 0.5) is 0 Å². The zero-order valence-electron chi connectivity index (χ0n) is 15.3. The molecule has 0 fully saturated rings.